The molecule has 0 bridgehead atoms. The molecule has 0 aliphatic heterocycles. The second kappa shape index (κ2) is 10.0. The summed E-state index contributed by atoms with van der Waals surface area (Å²) in [5, 5.41) is 14.8. The second-order valence-electron chi connectivity index (χ2n) is 6.34. The Hall–Kier alpha value is -3.21. The first kappa shape index (κ1) is 21.5. The fraction of sp³-hybridized carbons (Fsp3) is 0.143. The molecule has 0 unspecified atom stereocenters. The van der Waals surface area contributed by atoms with Gasteiger partial charge in [-0.05, 0) is 58.8 Å². The zero-order chi connectivity index (χ0) is 21.5. The van der Waals surface area contributed by atoms with Crippen LogP contribution in [-0.4, -0.2) is 23.2 Å². The Bertz CT molecular complexity index is 1050. The third-order valence-electron chi connectivity index (χ3n) is 4.11. The van der Waals surface area contributed by atoms with E-state index in [0.717, 1.165) is 14.7 Å². The summed E-state index contributed by atoms with van der Waals surface area (Å²) < 4.78 is 12.4. The summed E-state index contributed by atoms with van der Waals surface area (Å²) in [5.74, 6) is 1.67. The van der Waals surface area contributed by atoms with Crippen molar-refractivity contribution < 1.29 is 14.4 Å². The minimum Gasteiger partial charge on any atom is -0.493 e. The number of rotatable bonds is 8. The molecule has 154 valence electrons. The number of ether oxygens (including phenoxy) is 2. The molecule has 0 fully saturated rings. The summed E-state index contributed by atoms with van der Waals surface area (Å²) in [5.41, 5.74) is 5.74. The van der Waals surface area contributed by atoms with Gasteiger partial charge in [-0.2, -0.15) is 5.10 Å². The number of pyridine rings is 1. The number of nitrogens with one attached hydrogen (secondary N) is 1. The van der Waals surface area contributed by atoms with Gasteiger partial charge < -0.3 is 9.47 Å². The molecule has 1 N–H and O–H groups in total. The minimum atomic E-state index is -0.503. The maximum Gasteiger partial charge on any atom is 0.287 e. The van der Waals surface area contributed by atoms with E-state index in [0.29, 0.717) is 23.9 Å². The number of hydrazone groups is 1. The van der Waals surface area contributed by atoms with Gasteiger partial charge in [0.25, 0.3) is 5.69 Å². The summed E-state index contributed by atoms with van der Waals surface area (Å²) in [6.45, 7) is 2.48. The monoisotopic (exact) mass is 518 g/mol. The second-order valence-corrected chi connectivity index (χ2v) is 7.50. The predicted octanol–water partition coefficient (Wildman–Crippen LogP) is 4.94. The average molecular weight is 518 g/mol. The van der Waals surface area contributed by atoms with Gasteiger partial charge >= 0.3 is 0 Å². The fourth-order valence-corrected chi connectivity index (χ4v) is 3.31. The van der Waals surface area contributed by atoms with E-state index in [2.05, 4.69) is 38.1 Å². The van der Waals surface area contributed by atoms with E-state index in [1.54, 1.807) is 13.3 Å². The molecule has 0 amide bonds. The van der Waals surface area contributed by atoms with Crippen molar-refractivity contribution in [3.63, 3.8) is 0 Å². The SMILES string of the molecule is COc1cc(/C=N/Nc2ccc([N+](=O)[O-])cn2)cc(I)c1OCc1ccc(C)cc1. The van der Waals surface area contributed by atoms with E-state index in [1.165, 1.54) is 23.9 Å². The number of hydrogen-bond donors (Lipinski definition) is 1. The smallest absolute Gasteiger partial charge is 0.287 e. The Labute approximate surface area is 187 Å². The molecular formula is C21H19IN4O4. The van der Waals surface area contributed by atoms with Crippen molar-refractivity contribution in [2.75, 3.05) is 12.5 Å². The Morgan fingerprint density at radius 2 is 2.00 bits per heavy atom. The summed E-state index contributed by atoms with van der Waals surface area (Å²) in [4.78, 5) is 14.1. The largest absolute Gasteiger partial charge is 0.493 e. The Kier molecular flexibility index (Phi) is 7.17. The highest BCUT2D eigenvalue weighted by atomic mass is 127. The van der Waals surface area contributed by atoms with Crippen molar-refractivity contribution in [3.8, 4) is 11.5 Å². The standard InChI is InChI=1S/C21H19IN4O4/c1-14-3-5-15(6-4-14)13-30-21-18(22)9-16(10-19(21)29-2)11-24-25-20-8-7-17(12-23-20)26(27)28/h3-12H,13H2,1-2H3,(H,23,25)/b24-11+. The maximum absolute atomic E-state index is 10.7. The number of hydrogen-bond acceptors (Lipinski definition) is 7. The maximum atomic E-state index is 10.7. The topological polar surface area (TPSA) is 98.9 Å². The average Bonchev–Trinajstić information content (AvgIpc) is 2.74. The van der Waals surface area contributed by atoms with Crippen LogP contribution in [0.4, 0.5) is 11.5 Å². The van der Waals surface area contributed by atoms with Crippen LogP contribution in [0.25, 0.3) is 0 Å². The number of halogens is 1. The molecule has 3 rings (SSSR count). The van der Waals surface area contributed by atoms with Gasteiger partial charge in [-0.15, -0.1) is 0 Å². The Balaban J connectivity index is 1.68. The third kappa shape index (κ3) is 5.66. The molecule has 0 aliphatic carbocycles. The quantitative estimate of drug-likeness (QED) is 0.197. The van der Waals surface area contributed by atoms with E-state index in [1.807, 2.05) is 43.3 Å². The number of anilines is 1. The number of benzene rings is 2. The molecule has 1 heterocycles. The van der Waals surface area contributed by atoms with Crippen molar-refractivity contribution in [2.24, 2.45) is 5.10 Å². The van der Waals surface area contributed by atoms with E-state index >= 15 is 0 Å². The van der Waals surface area contributed by atoms with Crippen LogP contribution in [0, 0.1) is 20.6 Å². The first-order valence-corrected chi connectivity index (χ1v) is 9.99. The summed E-state index contributed by atoms with van der Waals surface area (Å²) in [7, 11) is 1.59. The first-order valence-electron chi connectivity index (χ1n) is 8.91. The van der Waals surface area contributed by atoms with Crippen LogP contribution in [0.2, 0.25) is 0 Å². The van der Waals surface area contributed by atoms with Crippen LogP contribution in [-0.2, 0) is 6.61 Å². The highest BCUT2D eigenvalue weighted by molar-refractivity contribution is 14.1. The number of nitrogens with zero attached hydrogens (tertiary/aromatic N) is 3. The molecule has 0 saturated heterocycles. The molecule has 3 aromatic rings. The Morgan fingerprint density at radius 3 is 2.63 bits per heavy atom. The van der Waals surface area contributed by atoms with Crippen molar-refractivity contribution in [1.82, 2.24) is 4.98 Å². The number of nitro groups is 1. The normalized spacial score (nSPS) is 10.8. The molecule has 8 nitrogen and oxygen atoms in total. The third-order valence-corrected chi connectivity index (χ3v) is 4.91. The number of aromatic nitrogens is 1. The summed E-state index contributed by atoms with van der Waals surface area (Å²) in [6, 6.07) is 14.8. The van der Waals surface area contributed by atoms with Gasteiger partial charge in [0.05, 0.1) is 21.8 Å². The fourth-order valence-electron chi connectivity index (χ4n) is 2.53. The summed E-state index contributed by atoms with van der Waals surface area (Å²) in [6.07, 6.45) is 2.78. The van der Waals surface area contributed by atoms with Crippen LogP contribution in [0.3, 0.4) is 0 Å². The van der Waals surface area contributed by atoms with Crippen LogP contribution in [0.1, 0.15) is 16.7 Å². The summed E-state index contributed by atoms with van der Waals surface area (Å²) >= 11 is 2.19. The predicted molar refractivity (Wildman–Crippen MR) is 123 cm³/mol. The molecular weight excluding hydrogens is 499 g/mol. The van der Waals surface area contributed by atoms with Gasteiger partial charge in [0.1, 0.15) is 18.6 Å². The zero-order valence-corrected chi connectivity index (χ0v) is 18.5. The lowest BCUT2D eigenvalue weighted by Crippen LogP contribution is -2.01. The van der Waals surface area contributed by atoms with Crippen LogP contribution in [0.15, 0.2) is 59.8 Å². The van der Waals surface area contributed by atoms with Crippen molar-refractivity contribution >= 4 is 40.3 Å². The molecule has 0 saturated carbocycles. The molecule has 9 heteroatoms. The Morgan fingerprint density at radius 1 is 1.23 bits per heavy atom. The van der Waals surface area contributed by atoms with Gasteiger partial charge in [-0.3, -0.25) is 15.5 Å². The molecule has 2 aromatic carbocycles. The molecule has 0 atom stereocenters. The molecule has 30 heavy (non-hydrogen) atoms. The van der Waals surface area contributed by atoms with Crippen LogP contribution < -0.4 is 14.9 Å². The van der Waals surface area contributed by atoms with Crippen molar-refractivity contribution in [1.29, 1.82) is 0 Å². The van der Waals surface area contributed by atoms with Gasteiger partial charge in [0.2, 0.25) is 0 Å². The van der Waals surface area contributed by atoms with E-state index in [4.69, 9.17) is 9.47 Å². The van der Waals surface area contributed by atoms with Crippen molar-refractivity contribution in [2.45, 2.75) is 13.5 Å². The number of aryl methyl sites for hydroxylation is 1. The van der Waals surface area contributed by atoms with Gasteiger partial charge in [-0.1, -0.05) is 29.8 Å². The van der Waals surface area contributed by atoms with E-state index in [-0.39, 0.29) is 5.69 Å². The van der Waals surface area contributed by atoms with Gasteiger partial charge in [-0.25, -0.2) is 4.98 Å². The lowest BCUT2D eigenvalue weighted by Gasteiger charge is -2.13. The van der Waals surface area contributed by atoms with E-state index < -0.39 is 4.92 Å². The molecule has 0 aliphatic rings. The lowest BCUT2D eigenvalue weighted by atomic mass is 10.2. The van der Waals surface area contributed by atoms with Gasteiger partial charge in [0.15, 0.2) is 11.5 Å². The zero-order valence-electron chi connectivity index (χ0n) is 16.3. The molecule has 0 radical (unpaired) electrons. The first-order chi connectivity index (χ1) is 14.5. The highest BCUT2D eigenvalue weighted by Crippen LogP contribution is 2.34. The number of methoxy groups -OCH3 is 1. The van der Waals surface area contributed by atoms with Crippen molar-refractivity contribution in [3.05, 3.63) is 85.1 Å². The van der Waals surface area contributed by atoms with Gasteiger partial charge in [0, 0.05) is 6.07 Å². The van der Waals surface area contributed by atoms with E-state index in [9.17, 15) is 10.1 Å². The minimum absolute atomic E-state index is 0.0787. The van der Waals surface area contributed by atoms with Crippen LogP contribution >= 0.6 is 22.6 Å². The highest BCUT2D eigenvalue weighted by Gasteiger charge is 2.11. The van der Waals surface area contributed by atoms with Crippen LogP contribution in [0.5, 0.6) is 11.5 Å². The lowest BCUT2D eigenvalue weighted by molar-refractivity contribution is -0.385. The molecule has 0 spiro atoms. The molecule has 1 aromatic heterocycles.